The van der Waals surface area contributed by atoms with Gasteiger partial charge in [0.25, 0.3) is 0 Å². The van der Waals surface area contributed by atoms with Crippen LogP contribution in [0.25, 0.3) is 0 Å². The van der Waals surface area contributed by atoms with Gasteiger partial charge in [0.05, 0.1) is 16.0 Å². The minimum Gasteiger partial charge on any atom is -0.304 e. The topological polar surface area (TPSA) is 12.0 Å². The summed E-state index contributed by atoms with van der Waals surface area (Å²) in [5.41, 5.74) is 1.16. The van der Waals surface area contributed by atoms with E-state index in [4.69, 9.17) is 34.8 Å². The zero-order valence-electron chi connectivity index (χ0n) is 6.99. The van der Waals surface area contributed by atoms with Crippen LogP contribution in [0.4, 0.5) is 0 Å². The van der Waals surface area contributed by atoms with Crippen LogP contribution in [-0.2, 0) is 6.42 Å². The lowest BCUT2D eigenvalue weighted by Crippen LogP contribution is -2.14. The number of halogens is 3. The quantitative estimate of drug-likeness (QED) is 0.482. The fourth-order valence-corrected chi connectivity index (χ4v) is 1.45. The third-order valence-corrected chi connectivity index (χ3v) is 2.60. The molecular formula is C9H10Cl3N. The van der Waals surface area contributed by atoms with Crippen LogP contribution >= 0.6 is 34.8 Å². The molecule has 0 aliphatic heterocycles. The lowest BCUT2D eigenvalue weighted by atomic mass is 10.1. The first-order valence-corrected chi connectivity index (χ1v) is 5.23. The van der Waals surface area contributed by atoms with Crippen molar-refractivity contribution in [3.05, 3.63) is 33.8 Å². The smallest absolute Gasteiger partial charge is 0.0713 e. The molecule has 0 aliphatic rings. The van der Waals surface area contributed by atoms with Crippen molar-refractivity contribution in [2.24, 2.45) is 0 Å². The maximum atomic E-state index is 5.85. The maximum Gasteiger partial charge on any atom is 0.0713 e. The molecule has 1 nitrogen and oxygen atoms in total. The Morgan fingerprint density at radius 1 is 1.15 bits per heavy atom. The SMILES string of the molecule is ClCNCCc1ccc(Cl)c(Cl)c1. The van der Waals surface area contributed by atoms with Crippen LogP contribution in [-0.4, -0.2) is 12.5 Å². The van der Waals surface area contributed by atoms with Crippen LogP contribution in [0.3, 0.4) is 0 Å². The number of nitrogens with one attached hydrogen (secondary N) is 1. The number of hydrogen-bond acceptors (Lipinski definition) is 1. The summed E-state index contributed by atoms with van der Waals surface area (Å²) in [6.07, 6.45) is 0.906. The average molecular weight is 239 g/mol. The van der Waals surface area contributed by atoms with Crippen molar-refractivity contribution < 1.29 is 0 Å². The Bertz CT molecular complexity index is 276. The highest BCUT2D eigenvalue weighted by molar-refractivity contribution is 6.42. The Balaban J connectivity index is 2.53. The lowest BCUT2D eigenvalue weighted by Gasteiger charge is -2.02. The molecule has 1 aromatic carbocycles. The summed E-state index contributed by atoms with van der Waals surface area (Å²) in [5.74, 6) is 0. The Kier molecular flexibility index (Phi) is 4.89. The number of benzene rings is 1. The van der Waals surface area contributed by atoms with Gasteiger partial charge in [0.1, 0.15) is 0 Å². The van der Waals surface area contributed by atoms with Gasteiger partial charge >= 0.3 is 0 Å². The summed E-state index contributed by atoms with van der Waals surface area (Å²) in [7, 11) is 0. The first kappa shape index (κ1) is 11.1. The highest BCUT2D eigenvalue weighted by Crippen LogP contribution is 2.22. The van der Waals surface area contributed by atoms with E-state index in [2.05, 4.69) is 5.32 Å². The fraction of sp³-hybridized carbons (Fsp3) is 0.333. The molecule has 13 heavy (non-hydrogen) atoms. The summed E-state index contributed by atoms with van der Waals surface area (Å²) in [6.45, 7) is 0.849. The van der Waals surface area contributed by atoms with Crippen LogP contribution in [0.15, 0.2) is 18.2 Å². The van der Waals surface area contributed by atoms with Gasteiger partial charge in [-0.15, -0.1) is 11.6 Å². The van der Waals surface area contributed by atoms with E-state index in [0.717, 1.165) is 18.5 Å². The first-order valence-electron chi connectivity index (χ1n) is 3.94. The number of alkyl halides is 1. The summed E-state index contributed by atoms with van der Waals surface area (Å²) in [5, 5.41) is 4.22. The molecule has 72 valence electrons. The van der Waals surface area contributed by atoms with Gasteiger partial charge in [0.2, 0.25) is 0 Å². The van der Waals surface area contributed by atoms with Gasteiger partial charge in [-0.2, -0.15) is 0 Å². The second kappa shape index (κ2) is 5.71. The Labute approximate surface area is 93.0 Å². The predicted octanol–water partition coefficient (Wildman–Crippen LogP) is 3.32. The van der Waals surface area contributed by atoms with Crippen LogP contribution in [0.1, 0.15) is 5.56 Å². The second-order valence-electron chi connectivity index (χ2n) is 2.63. The fourth-order valence-electron chi connectivity index (χ4n) is 0.995. The van der Waals surface area contributed by atoms with Crippen molar-refractivity contribution in [1.82, 2.24) is 5.32 Å². The minimum absolute atomic E-state index is 0.474. The molecule has 0 saturated heterocycles. The number of rotatable bonds is 4. The van der Waals surface area contributed by atoms with E-state index in [0.29, 0.717) is 16.0 Å². The zero-order chi connectivity index (χ0) is 9.68. The molecule has 0 fully saturated rings. The highest BCUT2D eigenvalue weighted by Gasteiger charge is 1.98. The minimum atomic E-state index is 0.474. The largest absolute Gasteiger partial charge is 0.304 e. The normalized spacial score (nSPS) is 10.4. The zero-order valence-corrected chi connectivity index (χ0v) is 9.26. The average Bonchev–Trinajstić information content (AvgIpc) is 2.12. The van der Waals surface area contributed by atoms with Crippen molar-refractivity contribution in [2.45, 2.75) is 6.42 Å². The molecule has 0 atom stereocenters. The van der Waals surface area contributed by atoms with E-state index in [1.54, 1.807) is 6.07 Å². The van der Waals surface area contributed by atoms with E-state index in [1.807, 2.05) is 12.1 Å². The Morgan fingerprint density at radius 3 is 2.54 bits per heavy atom. The van der Waals surface area contributed by atoms with E-state index < -0.39 is 0 Å². The summed E-state index contributed by atoms with van der Waals surface area (Å²) in [6, 6.07) is 6.12. The van der Waals surface area contributed by atoms with Gasteiger partial charge in [-0.3, -0.25) is 0 Å². The Morgan fingerprint density at radius 2 is 1.92 bits per heavy atom. The molecular weight excluding hydrogens is 228 g/mol. The number of hydrogen-bond donors (Lipinski definition) is 1. The highest BCUT2D eigenvalue weighted by atomic mass is 35.5. The lowest BCUT2D eigenvalue weighted by molar-refractivity contribution is 0.770. The molecule has 0 unspecified atom stereocenters. The van der Waals surface area contributed by atoms with Gasteiger partial charge in [0, 0.05) is 6.54 Å². The molecule has 1 N–H and O–H groups in total. The van der Waals surface area contributed by atoms with Crippen LogP contribution < -0.4 is 5.32 Å². The maximum absolute atomic E-state index is 5.85. The van der Waals surface area contributed by atoms with E-state index >= 15 is 0 Å². The van der Waals surface area contributed by atoms with Gasteiger partial charge in [-0.25, -0.2) is 0 Å². The monoisotopic (exact) mass is 237 g/mol. The molecule has 0 radical (unpaired) electrons. The molecule has 4 heteroatoms. The van der Waals surface area contributed by atoms with E-state index in [1.165, 1.54) is 0 Å². The van der Waals surface area contributed by atoms with Crippen molar-refractivity contribution in [1.29, 1.82) is 0 Å². The predicted molar refractivity (Wildman–Crippen MR) is 58.9 cm³/mol. The molecule has 0 heterocycles. The van der Waals surface area contributed by atoms with Crippen molar-refractivity contribution >= 4 is 34.8 Å². The standard InChI is InChI=1S/C9H10Cl3N/c10-6-13-4-3-7-1-2-8(11)9(12)5-7/h1-2,5,13H,3-4,6H2. The third kappa shape index (κ3) is 3.74. The molecule has 0 saturated carbocycles. The molecule has 0 bridgehead atoms. The second-order valence-corrected chi connectivity index (χ2v) is 3.71. The van der Waals surface area contributed by atoms with Gasteiger partial charge in [0.15, 0.2) is 0 Å². The Hall–Kier alpha value is 0.0500. The first-order chi connectivity index (χ1) is 6.24. The molecule has 0 aromatic heterocycles. The third-order valence-electron chi connectivity index (χ3n) is 1.67. The van der Waals surface area contributed by atoms with Crippen LogP contribution in [0.5, 0.6) is 0 Å². The molecule has 0 spiro atoms. The van der Waals surface area contributed by atoms with Crippen LogP contribution in [0, 0.1) is 0 Å². The van der Waals surface area contributed by atoms with E-state index in [9.17, 15) is 0 Å². The van der Waals surface area contributed by atoms with E-state index in [-0.39, 0.29) is 0 Å². The van der Waals surface area contributed by atoms with Gasteiger partial charge < -0.3 is 5.32 Å². The summed E-state index contributed by atoms with van der Waals surface area (Å²) < 4.78 is 0. The van der Waals surface area contributed by atoms with Crippen LogP contribution in [0.2, 0.25) is 10.0 Å². The molecule has 0 amide bonds. The molecule has 0 aliphatic carbocycles. The van der Waals surface area contributed by atoms with Crippen molar-refractivity contribution in [3.8, 4) is 0 Å². The molecule has 1 rings (SSSR count). The summed E-state index contributed by atoms with van der Waals surface area (Å²) >= 11 is 17.1. The summed E-state index contributed by atoms with van der Waals surface area (Å²) in [4.78, 5) is 0. The van der Waals surface area contributed by atoms with Gasteiger partial charge in [-0.1, -0.05) is 29.3 Å². The molecule has 1 aromatic rings. The van der Waals surface area contributed by atoms with Crippen molar-refractivity contribution in [3.63, 3.8) is 0 Å². The van der Waals surface area contributed by atoms with Gasteiger partial charge in [-0.05, 0) is 24.1 Å². The van der Waals surface area contributed by atoms with Crippen molar-refractivity contribution in [2.75, 3.05) is 12.5 Å².